The maximum atomic E-state index is 5.90. The van der Waals surface area contributed by atoms with Crippen molar-refractivity contribution in [2.45, 2.75) is 6.54 Å². The third-order valence-electron chi connectivity index (χ3n) is 2.61. The average molecular weight is 272 g/mol. The van der Waals surface area contributed by atoms with E-state index in [2.05, 4.69) is 25.3 Å². The highest BCUT2D eigenvalue weighted by Gasteiger charge is 2.07. The molecule has 0 bridgehead atoms. The van der Waals surface area contributed by atoms with E-state index < -0.39 is 0 Å². The first-order valence-electron chi connectivity index (χ1n) is 5.74. The Morgan fingerprint density at radius 3 is 2.84 bits per heavy atom. The molecule has 0 amide bonds. The Morgan fingerprint density at radius 1 is 1.11 bits per heavy atom. The second kappa shape index (κ2) is 5.16. The van der Waals surface area contributed by atoms with Crippen molar-refractivity contribution >= 4 is 28.5 Å². The fourth-order valence-corrected chi connectivity index (χ4v) is 1.93. The van der Waals surface area contributed by atoms with Gasteiger partial charge in [0.1, 0.15) is 5.52 Å². The summed E-state index contributed by atoms with van der Waals surface area (Å²) in [5, 5.41) is 3.41. The van der Waals surface area contributed by atoms with Crippen molar-refractivity contribution in [1.82, 2.24) is 19.9 Å². The molecule has 0 aromatic carbocycles. The summed E-state index contributed by atoms with van der Waals surface area (Å²) in [7, 11) is 0. The summed E-state index contributed by atoms with van der Waals surface area (Å²) in [5.74, 6) is 0.624. The van der Waals surface area contributed by atoms with E-state index in [1.165, 1.54) is 0 Å². The molecule has 3 aromatic rings. The quantitative estimate of drug-likeness (QED) is 0.742. The lowest BCUT2D eigenvalue weighted by Gasteiger charge is -2.07. The molecule has 19 heavy (non-hydrogen) atoms. The van der Waals surface area contributed by atoms with E-state index in [4.69, 9.17) is 11.6 Å². The Bertz CT molecular complexity index is 702. The van der Waals surface area contributed by atoms with E-state index in [0.717, 1.165) is 11.1 Å². The minimum absolute atomic E-state index is 0.203. The molecule has 0 unspecified atom stereocenters. The molecular formula is C13H10ClN5. The highest BCUT2D eigenvalue weighted by Crippen LogP contribution is 2.19. The molecule has 0 fully saturated rings. The first-order chi connectivity index (χ1) is 9.33. The van der Waals surface area contributed by atoms with Crippen molar-refractivity contribution in [1.29, 1.82) is 0 Å². The van der Waals surface area contributed by atoms with E-state index >= 15 is 0 Å². The van der Waals surface area contributed by atoms with Crippen molar-refractivity contribution in [3.8, 4) is 0 Å². The normalized spacial score (nSPS) is 10.6. The summed E-state index contributed by atoms with van der Waals surface area (Å²) in [6, 6.07) is 7.54. The van der Waals surface area contributed by atoms with Crippen LogP contribution in [-0.2, 0) is 6.54 Å². The molecule has 0 radical (unpaired) electrons. The van der Waals surface area contributed by atoms with Crippen LogP contribution in [0.2, 0.25) is 5.28 Å². The van der Waals surface area contributed by atoms with Gasteiger partial charge in [-0.05, 0) is 35.4 Å². The Morgan fingerprint density at radius 2 is 2.00 bits per heavy atom. The molecule has 0 aliphatic rings. The van der Waals surface area contributed by atoms with Crippen LogP contribution in [0.4, 0.5) is 5.82 Å². The molecule has 5 nitrogen and oxygen atoms in total. The Hall–Kier alpha value is -2.27. The number of aromatic nitrogens is 4. The molecule has 0 aliphatic heterocycles. The predicted octanol–water partition coefficient (Wildman–Crippen LogP) is 2.69. The average Bonchev–Trinajstić information content (AvgIpc) is 2.45. The minimum atomic E-state index is 0.203. The van der Waals surface area contributed by atoms with Gasteiger partial charge in [0.2, 0.25) is 5.28 Å². The number of anilines is 1. The second-order valence-corrected chi connectivity index (χ2v) is 4.27. The smallest absolute Gasteiger partial charge is 0.225 e. The first-order valence-corrected chi connectivity index (χ1v) is 6.12. The molecule has 3 heterocycles. The number of nitrogens with zero attached hydrogens (tertiary/aromatic N) is 4. The van der Waals surface area contributed by atoms with Crippen molar-refractivity contribution in [3.63, 3.8) is 0 Å². The lowest BCUT2D eigenvalue weighted by Crippen LogP contribution is -2.04. The Balaban J connectivity index is 1.92. The molecule has 0 spiro atoms. The van der Waals surface area contributed by atoms with Gasteiger partial charge in [-0.25, -0.2) is 4.98 Å². The molecule has 6 heteroatoms. The number of fused-ring (bicyclic) bond motifs is 1. The van der Waals surface area contributed by atoms with Crippen LogP contribution in [-0.4, -0.2) is 19.9 Å². The van der Waals surface area contributed by atoms with Crippen LogP contribution in [0.3, 0.4) is 0 Å². The van der Waals surface area contributed by atoms with Gasteiger partial charge < -0.3 is 5.32 Å². The van der Waals surface area contributed by atoms with Crippen LogP contribution < -0.4 is 5.32 Å². The van der Waals surface area contributed by atoms with Gasteiger partial charge in [0, 0.05) is 25.1 Å². The molecule has 0 saturated carbocycles. The van der Waals surface area contributed by atoms with E-state index in [9.17, 15) is 0 Å². The van der Waals surface area contributed by atoms with E-state index in [0.29, 0.717) is 17.9 Å². The van der Waals surface area contributed by atoms with Crippen molar-refractivity contribution < 1.29 is 0 Å². The predicted molar refractivity (Wildman–Crippen MR) is 73.9 cm³/mol. The number of hydrogen-bond acceptors (Lipinski definition) is 5. The molecule has 0 saturated heterocycles. The summed E-state index contributed by atoms with van der Waals surface area (Å²) < 4.78 is 0. The van der Waals surface area contributed by atoms with Gasteiger partial charge in [0.25, 0.3) is 0 Å². The summed E-state index contributed by atoms with van der Waals surface area (Å²) in [5.41, 5.74) is 2.48. The van der Waals surface area contributed by atoms with E-state index in [-0.39, 0.29) is 5.28 Å². The molecule has 1 N–H and O–H groups in total. The van der Waals surface area contributed by atoms with Crippen LogP contribution in [0.25, 0.3) is 11.0 Å². The summed E-state index contributed by atoms with van der Waals surface area (Å²) in [4.78, 5) is 16.6. The fourth-order valence-electron chi connectivity index (χ4n) is 1.75. The third-order valence-corrected chi connectivity index (χ3v) is 2.78. The van der Waals surface area contributed by atoms with Gasteiger partial charge >= 0.3 is 0 Å². The van der Waals surface area contributed by atoms with Gasteiger partial charge in [-0.2, -0.15) is 4.98 Å². The molecule has 3 rings (SSSR count). The molecule has 94 valence electrons. The second-order valence-electron chi connectivity index (χ2n) is 3.93. The first kappa shape index (κ1) is 11.8. The van der Waals surface area contributed by atoms with Gasteiger partial charge in [-0.3, -0.25) is 9.97 Å². The standard InChI is InChI=1S/C13H10ClN5/c14-13-18-10-4-2-6-16-11(10)12(19-13)17-8-9-3-1-5-15-7-9/h1-7H,8H2,(H,17,18,19). The Labute approximate surface area is 114 Å². The summed E-state index contributed by atoms with van der Waals surface area (Å²) in [6.45, 7) is 0.604. The van der Waals surface area contributed by atoms with Crippen molar-refractivity contribution in [2.75, 3.05) is 5.32 Å². The van der Waals surface area contributed by atoms with Gasteiger partial charge in [-0.1, -0.05) is 6.07 Å². The van der Waals surface area contributed by atoms with Crippen molar-refractivity contribution in [2.24, 2.45) is 0 Å². The van der Waals surface area contributed by atoms with Crippen LogP contribution >= 0.6 is 11.6 Å². The highest BCUT2D eigenvalue weighted by molar-refractivity contribution is 6.28. The van der Waals surface area contributed by atoms with Crippen LogP contribution in [0.15, 0.2) is 42.9 Å². The Kier molecular flexibility index (Phi) is 3.20. The number of halogens is 1. The third kappa shape index (κ3) is 2.61. The maximum Gasteiger partial charge on any atom is 0.225 e. The number of nitrogens with one attached hydrogen (secondary N) is 1. The van der Waals surface area contributed by atoms with Gasteiger partial charge in [0.15, 0.2) is 5.82 Å². The van der Waals surface area contributed by atoms with Gasteiger partial charge in [0.05, 0.1) is 5.52 Å². The highest BCUT2D eigenvalue weighted by atomic mass is 35.5. The summed E-state index contributed by atoms with van der Waals surface area (Å²) in [6.07, 6.45) is 5.24. The molecule has 3 aromatic heterocycles. The van der Waals surface area contributed by atoms with Crippen molar-refractivity contribution in [3.05, 3.63) is 53.7 Å². The van der Waals surface area contributed by atoms with E-state index in [1.807, 2.05) is 24.3 Å². The summed E-state index contributed by atoms with van der Waals surface area (Å²) >= 11 is 5.90. The maximum absolute atomic E-state index is 5.90. The molecule has 0 atom stereocenters. The lowest BCUT2D eigenvalue weighted by molar-refractivity contribution is 1.08. The molecular weight excluding hydrogens is 262 g/mol. The topological polar surface area (TPSA) is 63.6 Å². The number of rotatable bonds is 3. The van der Waals surface area contributed by atoms with Crippen LogP contribution in [0.5, 0.6) is 0 Å². The van der Waals surface area contributed by atoms with Crippen LogP contribution in [0, 0.1) is 0 Å². The van der Waals surface area contributed by atoms with E-state index in [1.54, 1.807) is 18.6 Å². The fraction of sp³-hybridized carbons (Fsp3) is 0.0769. The zero-order valence-electron chi connectivity index (χ0n) is 9.92. The molecule has 0 aliphatic carbocycles. The number of hydrogen-bond donors (Lipinski definition) is 1. The number of pyridine rings is 2. The van der Waals surface area contributed by atoms with Crippen LogP contribution in [0.1, 0.15) is 5.56 Å². The zero-order valence-corrected chi connectivity index (χ0v) is 10.7. The SMILES string of the molecule is Clc1nc(NCc2cccnc2)c2ncccc2n1. The lowest BCUT2D eigenvalue weighted by atomic mass is 10.3. The zero-order chi connectivity index (χ0) is 13.1. The minimum Gasteiger partial charge on any atom is -0.364 e. The van der Waals surface area contributed by atoms with Gasteiger partial charge in [-0.15, -0.1) is 0 Å². The monoisotopic (exact) mass is 271 g/mol. The largest absolute Gasteiger partial charge is 0.364 e.